The van der Waals surface area contributed by atoms with Gasteiger partial charge < -0.3 is 41.4 Å². The van der Waals surface area contributed by atoms with Crippen LogP contribution in [0.15, 0.2) is 0 Å². The van der Waals surface area contributed by atoms with Crippen LogP contribution in [0.4, 0.5) is 0 Å². The third-order valence-electron chi connectivity index (χ3n) is 2.63. The minimum atomic E-state index is -1.44. The molecule has 17 heavy (non-hydrogen) atoms. The Morgan fingerprint density at radius 1 is 1.18 bits per heavy atom. The molecular formula is C9H20N2O6. The first-order valence-corrected chi connectivity index (χ1v) is 5.39. The van der Waals surface area contributed by atoms with Crippen LogP contribution < -0.4 is 11.5 Å². The van der Waals surface area contributed by atoms with E-state index < -0.39 is 43.4 Å². The summed E-state index contributed by atoms with van der Waals surface area (Å²) in [6.45, 7) is -0.246. The summed E-state index contributed by atoms with van der Waals surface area (Å²) in [6.07, 6.45) is -6.37. The van der Waals surface area contributed by atoms with Gasteiger partial charge in [0.25, 0.3) is 0 Å². The number of hydrogen-bond acceptors (Lipinski definition) is 8. The lowest BCUT2D eigenvalue weighted by Crippen LogP contribution is -2.59. The first-order valence-electron chi connectivity index (χ1n) is 5.39. The van der Waals surface area contributed by atoms with Crippen LogP contribution in [0.1, 0.15) is 0 Å². The summed E-state index contributed by atoms with van der Waals surface area (Å²) >= 11 is 0. The van der Waals surface area contributed by atoms with Crippen molar-refractivity contribution in [3.63, 3.8) is 0 Å². The molecule has 0 bridgehead atoms. The molecule has 1 aliphatic rings. The molecule has 0 radical (unpaired) electrons. The Balaban J connectivity index is 2.53. The van der Waals surface area contributed by atoms with Crippen molar-refractivity contribution in [2.45, 2.75) is 36.7 Å². The van der Waals surface area contributed by atoms with Gasteiger partial charge in [-0.25, -0.2) is 0 Å². The van der Waals surface area contributed by atoms with Gasteiger partial charge in [-0.05, 0) is 0 Å². The van der Waals surface area contributed by atoms with Crippen molar-refractivity contribution >= 4 is 0 Å². The second-order valence-electron chi connectivity index (χ2n) is 4.03. The van der Waals surface area contributed by atoms with Crippen molar-refractivity contribution in [2.24, 2.45) is 11.5 Å². The predicted octanol–water partition coefficient (Wildman–Crippen LogP) is -3.91. The van der Waals surface area contributed by atoms with E-state index in [1.807, 2.05) is 0 Å². The van der Waals surface area contributed by atoms with Crippen LogP contribution in [-0.2, 0) is 9.47 Å². The fourth-order valence-electron chi connectivity index (χ4n) is 1.49. The normalized spacial score (nSPS) is 40.2. The first-order chi connectivity index (χ1) is 8.01. The van der Waals surface area contributed by atoms with Crippen LogP contribution in [0.5, 0.6) is 0 Å². The van der Waals surface area contributed by atoms with Crippen molar-refractivity contribution < 1.29 is 29.9 Å². The second-order valence-corrected chi connectivity index (χ2v) is 4.03. The summed E-state index contributed by atoms with van der Waals surface area (Å²) in [5.74, 6) is 0. The summed E-state index contributed by atoms with van der Waals surface area (Å²) in [6, 6.07) is -0.414. The third kappa shape index (κ3) is 3.57. The van der Waals surface area contributed by atoms with Crippen LogP contribution in [0.3, 0.4) is 0 Å². The fourth-order valence-corrected chi connectivity index (χ4v) is 1.49. The highest BCUT2D eigenvalue weighted by molar-refractivity contribution is 4.89. The highest BCUT2D eigenvalue weighted by Crippen LogP contribution is 2.21. The van der Waals surface area contributed by atoms with Crippen LogP contribution in [-0.4, -0.2) is 76.9 Å². The fraction of sp³-hybridized carbons (Fsp3) is 1.00. The average molecular weight is 252 g/mol. The van der Waals surface area contributed by atoms with E-state index in [4.69, 9.17) is 26.0 Å². The molecular weight excluding hydrogens is 232 g/mol. The molecule has 1 aliphatic heterocycles. The van der Waals surface area contributed by atoms with E-state index in [2.05, 4.69) is 0 Å². The average Bonchev–Trinajstić information content (AvgIpc) is 2.34. The minimum absolute atomic E-state index is 0.0409. The molecule has 0 aromatic rings. The Morgan fingerprint density at radius 2 is 1.82 bits per heavy atom. The molecule has 1 heterocycles. The van der Waals surface area contributed by atoms with Crippen molar-refractivity contribution in [1.82, 2.24) is 0 Å². The minimum Gasteiger partial charge on any atom is -0.394 e. The molecule has 1 saturated heterocycles. The van der Waals surface area contributed by atoms with Crippen LogP contribution >= 0.6 is 0 Å². The van der Waals surface area contributed by atoms with Crippen molar-refractivity contribution in [3.05, 3.63) is 0 Å². The quantitative estimate of drug-likeness (QED) is 0.290. The van der Waals surface area contributed by atoms with E-state index >= 15 is 0 Å². The molecule has 1 fully saturated rings. The second kappa shape index (κ2) is 6.57. The van der Waals surface area contributed by atoms with E-state index in [1.54, 1.807) is 0 Å². The zero-order valence-electron chi connectivity index (χ0n) is 9.35. The monoisotopic (exact) mass is 252 g/mol. The Kier molecular flexibility index (Phi) is 5.70. The summed E-state index contributed by atoms with van der Waals surface area (Å²) < 4.78 is 10.2. The van der Waals surface area contributed by atoms with Gasteiger partial charge >= 0.3 is 0 Å². The molecule has 0 spiro atoms. The van der Waals surface area contributed by atoms with Gasteiger partial charge in [0.15, 0.2) is 6.29 Å². The molecule has 1 unspecified atom stereocenters. The molecule has 0 aromatic heterocycles. The lowest BCUT2D eigenvalue weighted by molar-refractivity contribution is -0.301. The zero-order valence-corrected chi connectivity index (χ0v) is 9.35. The van der Waals surface area contributed by atoms with Crippen molar-refractivity contribution in [3.8, 4) is 0 Å². The number of ether oxygens (including phenoxy) is 2. The highest BCUT2D eigenvalue weighted by Gasteiger charge is 2.44. The standard InChI is InChI=1S/C9H20N2O6/c10-1-4(11)3-16-9-8(15)7(14)6(13)5(2-12)17-9/h4-9,12-15H,1-3,10-11H2/t4?,5-,6-,7+,8-,9-/m1/s1. The molecule has 8 N–H and O–H groups in total. The van der Waals surface area contributed by atoms with Crippen molar-refractivity contribution in [1.29, 1.82) is 0 Å². The Morgan fingerprint density at radius 3 is 2.35 bits per heavy atom. The maximum absolute atomic E-state index is 9.59. The molecule has 102 valence electrons. The molecule has 0 aliphatic carbocycles. The Labute approximate surface area is 98.7 Å². The lowest BCUT2D eigenvalue weighted by Gasteiger charge is -2.39. The SMILES string of the molecule is NCC(N)CO[C@@H]1O[C@H](CO)[C@@H](O)[C@H](O)[C@H]1O. The number of nitrogens with two attached hydrogens (primary N) is 2. The summed E-state index contributed by atoms with van der Waals surface area (Å²) in [4.78, 5) is 0. The Hall–Kier alpha value is -0.320. The largest absolute Gasteiger partial charge is 0.394 e. The molecule has 1 rings (SSSR count). The zero-order chi connectivity index (χ0) is 13.0. The van der Waals surface area contributed by atoms with Crippen LogP contribution in [0.2, 0.25) is 0 Å². The summed E-state index contributed by atoms with van der Waals surface area (Å²) in [7, 11) is 0. The van der Waals surface area contributed by atoms with Gasteiger partial charge in [-0.1, -0.05) is 0 Å². The summed E-state index contributed by atoms with van der Waals surface area (Å²) in [5, 5.41) is 37.5. The molecule has 8 nitrogen and oxygen atoms in total. The van der Waals surface area contributed by atoms with Gasteiger partial charge in [-0.15, -0.1) is 0 Å². The lowest BCUT2D eigenvalue weighted by atomic mass is 9.99. The molecule has 0 aromatic carbocycles. The topological polar surface area (TPSA) is 151 Å². The smallest absolute Gasteiger partial charge is 0.186 e. The van der Waals surface area contributed by atoms with Gasteiger partial charge in [0, 0.05) is 12.6 Å². The van der Waals surface area contributed by atoms with Gasteiger partial charge in [-0.2, -0.15) is 0 Å². The third-order valence-corrected chi connectivity index (χ3v) is 2.63. The predicted molar refractivity (Wildman–Crippen MR) is 56.7 cm³/mol. The maximum Gasteiger partial charge on any atom is 0.186 e. The Bertz CT molecular complexity index is 230. The van der Waals surface area contributed by atoms with Gasteiger partial charge in [0.1, 0.15) is 24.4 Å². The first kappa shape index (κ1) is 14.7. The number of rotatable bonds is 5. The molecule has 8 heteroatoms. The van der Waals surface area contributed by atoms with Gasteiger partial charge in [0.05, 0.1) is 13.2 Å². The maximum atomic E-state index is 9.59. The molecule has 0 amide bonds. The molecule has 6 atom stereocenters. The number of aliphatic hydroxyl groups is 4. The van der Waals surface area contributed by atoms with Gasteiger partial charge in [-0.3, -0.25) is 0 Å². The molecule has 0 saturated carbocycles. The van der Waals surface area contributed by atoms with E-state index in [9.17, 15) is 15.3 Å². The number of aliphatic hydroxyl groups excluding tert-OH is 4. The number of hydrogen-bond donors (Lipinski definition) is 6. The van der Waals surface area contributed by atoms with Gasteiger partial charge in [0.2, 0.25) is 0 Å². The van der Waals surface area contributed by atoms with Crippen LogP contribution in [0.25, 0.3) is 0 Å². The van der Waals surface area contributed by atoms with Crippen LogP contribution in [0, 0.1) is 0 Å². The van der Waals surface area contributed by atoms with Crippen molar-refractivity contribution in [2.75, 3.05) is 19.8 Å². The van der Waals surface area contributed by atoms with E-state index in [0.29, 0.717) is 0 Å². The van der Waals surface area contributed by atoms with E-state index in [-0.39, 0.29) is 13.2 Å². The van der Waals surface area contributed by atoms with E-state index in [1.165, 1.54) is 0 Å². The summed E-state index contributed by atoms with van der Waals surface area (Å²) in [5.41, 5.74) is 10.8. The van der Waals surface area contributed by atoms with E-state index in [0.717, 1.165) is 0 Å². The highest BCUT2D eigenvalue weighted by atomic mass is 16.7.